The topological polar surface area (TPSA) is 49.9 Å². The Bertz CT molecular complexity index is 94.1. The molecule has 0 aliphatic heterocycles. The molecule has 0 spiro atoms. The molecule has 0 aromatic rings. The highest BCUT2D eigenvalue weighted by molar-refractivity contribution is 5.85. The van der Waals surface area contributed by atoms with Gasteiger partial charge in [-0.25, -0.2) is 0 Å². The average molecular weight is 179 g/mol. The van der Waals surface area contributed by atoms with Crippen LogP contribution in [-0.4, -0.2) is 5.84 Å². The van der Waals surface area contributed by atoms with Crippen LogP contribution in [0, 0.1) is 5.41 Å². The summed E-state index contributed by atoms with van der Waals surface area (Å²) in [6, 6.07) is 0. The molecule has 0 aliphatic rings. The van der Waals surface area contributed by atoms with E-state index in [-0.39, 0.29) is 12.4 Å². The van der Waals surface area contributed by atoms with Crippen LogP contribution >= 0.6 is 12.4 Å². The summed E-state index contributed by atoms with van der Waals surface area (Å²) in [4.78, 5) is 0. The summed E-state index contributed by atoms with van der Waals surface area (Å²) in [5, 5.41) is 6.95. The first kappa shape index (κ1) is 13.4. The van der Waals surface area contributed by atoms with Crippen molar-refractivity contribution in [1.82, 2.24) is 0 Å². The molecular weight excluding hydrogens is 160 g/mol. The molecule has 3 N–H and O–H groups in total. The molecule has 0 radical (unpaired) electrons. The zero-order chi connectivity index (χ0) is 7.82. The Labute approximate surface area is 75.5 Å². The van der Waals surface area contributed by atoms with Gasteiger partial charge in [-0.15, -0.1) is 12.4 Å². The summed E-state index contributed by atoms with van der Waals surface area (Å²) >= 11 is 0. The van der Waals surface area contributed by atoms with Gasteiger partial charge in [0.25, 0.3) is 0 Å². The van der Waals surface area contributed by atoms with Crippen LogP contribution in [0.4, 0.5) is 0 Å². The molecule has 68 valence electrons. The van der Waals surface area contributed by atoms with Gasteiger partial charge in [-0.1, -0.05) is 32.6 Å². The van der Waals surface area contributed by atoms with Crippen molar-refractivity contribution in [2.45, 2.75) is 45.4 Å². The number of rotatable bonds is 6. The predicted octanol–water partition coefficient (Wildman–Crippen LogP) is 2.70. The molecule has 0 aromatic carbocycles. The van der Waals surface area contributed by atoms with Crippen molar-refractivity contribution in [2.75, 3.05) is 0 Å². The Morgan fingerprint density at radius 2 is 1.73 bits per heavy atom. The second-order valence-electron chi connectivity index (χ2n) is 2.69. The van der Waals surface area contributed by atoms with E-state index in [1.54, 1.807) is 0 Å². The van der Waals surface area contributed by atoms with Gasteiger partial charge >= 0.3 is 0 Å². The summed E-state index contributed by atoms with van der Waals surface area (Å²) in [6.45, 7) is 2.20. The minimum Gasteiger partial charge on any atom is -0.388 e. The number of nitrogens with two attached hydrogens (primary N) is 1. The van der Waals surface area contributed by atoms with Crippen LogP contribution in [-0.2, 0) is 0 Å². The number of hydrogen-bond donors (Lipinski definition) is 2. The van der Waals surface area contributed by atoms with E-state index in [1.165, 1.54) is 25.7 Å². The quantitative estimate of drug-likeness (QED) is 0.367. The monoisotopic (exact) mass is 178 g/mol. The van der Waals surface area contributed by atoms with E-state index in [0.717, 1.165) is 12.8 Å². The first-order valence-corrected chi connectivity index (χ1v) is 4.10. The first-order chi connectivity index (χ1) is 4.77. The predicted molar refractivity (Wildman–Crippen MR) is 52.5 cm³/mol. The minimum atomic E-state index is 0. The fourth-order valence-electron chi connectivity index (χ4n) is 0.919. The fraction of sp³-hybridized carbons (Fsp3) is 0.875. The van der Waals surface area contributed by atoms with Gasteiger partial charge in [-0.2, -0.15) is 0 Å². The van der Waals surface area contributed by atoms with Gasteiger partial charge in [0.05, 0.1) is 5.84 Å². The smallest absolute Gasteiger partial charge is 0.0905 e. The molecular formula is C8H19ClN2. The third-order valence-electron chi connectivity index (χ3n) is 1.55. The third kappa shape index (κ3) is 12.9. The molecule has 0 fully saturated rings. The fourth-order valence-corrected chi connectivity index (χ4v) is 0.919. The SMILES string of the molecule is CCCCCCCC(=N)N.Cl. The van der Waals surface area contributed by atoms with Crippen LogP contribution in [0.3, 0.4) is 0 Å². The molecule has 11 heavy (non-hydrogen) atoms. The Morgan fingerprint density at radius 1 is 1.18 bits per heavy atom. The molecule has 2 nitrogen and oxygen atoms in total. The second kappa shape index (κ2) is 9.76. The number of hydrogen-bond acceptors (Lipinski definition) is 1. The lowest BCUT2D eigenvalue weighted by molar-refractivity contribution is 0.642. The molecule has 0 aliphatic carbocycles. The summed E-state index contributed by atoms with van der Waals surface area (Å²) in [7, 11) is 0. The van der Waals surface area contributed by atoms with E-state index in [0.29, 0.717) is 5.84 Å². The van der Waals surface area contributed by atoms with E-state index in [1.807, 2.05) is 0 Å². The Hall–Kier alpha value is -0.240. The van der Waals surface area contributed by atoms with Crippen molar-refractivity contribution in [2.24, 2.45) is 5.73 Å². The normalized spacial score (nSPS) is 8.82. The highest BCUT2D eigenvalue weighted by Gasteiger charge is 1.90. The van der Waals surface area contributed by atoms with E-state index in [2.05, 4.69) is 6.92 Å². The maximum Gasteiger partial charge on any atom is 0.0905 e. The van der Waals surface area contributed by atoms with Gasteiger partial charge in [0.15, 0.2) is 0 Å². The average Bonchev–Trinajstić information content (AvgIpc) is 1.87. The largest absolute Gasteiger partial charge is 0.388 e. The molecule has 0 saturated carbocycles. The highest BCUT2D eigenvalue weighted by atomic mass is 35.5. The number of amidine groups is 1. The molecule has 0 bridgehead atoms. The maximum absolute atomic E-state index is 6.95. The van der Waals surface area contributed by atoms with Crippen LogP contribution in [0.15, 0.2) is 0 Å². The minimum absolute atomic E-state index is 0. The van der Waals surface area contributed by atoms with Crippen molar-refractivity contribution >= 4 is 18.2 Å². The number of nitrogens with one attached hydrogen (secondary N) is 1. The molecule has 0 rings (SSSR count). The third-order valence-corrected chi connectivity index (χ3v) is 1.55. The lowest BCUT2D eigenvalue weighted by Gasteiger charge is -1.97. The zero-order valence-electron chi connectivity index (χ0n) is 7.23. The van der Waals surface area contributed by atoms with Crippen LogP contribution < -0.4 is 5.73 Å². The number of halogens is 1. The van der Waals surface area contributed by atoms with Gasteiger partial charge in [0.2, 0.25) is 0 Å². The number of unbranched alkanes of at least 4 members (excludes halogenated alkanes) is 4. The van der Waals surface area contributed by atoms with Gasteiger partial charge in [-0.3, -0.25) is 5.41 Å². The van der Waals surface area contributed by atoms with Crippen LogP contribution in [0.1, 0.15) is 45.4 Å². The van der Waals surface area contributed by atoms with E-state index in [4.69, 9.17) is 11.1 Å². The molecule has 0 amide bonds. The van der Waals surface area contributed by atoms with Crippen molar-refractivity contribution in [3.63, 3.8) is 0 Å². The zero-order valence-corrected chi connectivity index (χ0v) is 8.04. The van der Waals surface area contributed by atoms with Crippen LogP contribution in [0.5, 0.6) is 0 Å². The second-order valence-corrected chi connectivity index (χ2v) is 2.69. The molecule has 3 heteroatoms. The van der Waals surface area contributed by atoms with Gasteiger partial charge < -0.3 is 5.73 Å². The molecule has 0 atom stereocenters. The molecule has 0 saturated heterocycles. The van der Waals surface area contributed by atoms with Crippen molar-refractivity contribution in [1.29, 1.82) is 5.41 Å². The van der Waals surface area contributed by atoms with Crippen molar-refractivity contribution in [3.8, 4) is 0 Å². The highest BCUT2D eigenvalue weighted by Crippen LogP contribution is 2.03. The summed E-state index contributed by atoms with van der Waals surface area (Å²) < 4.78 is 0. The van der Waals surface area contributed by atoms with Crippen LogP contribution in [0.2, 0.25) is 0 Å². The molecule has 0 heterocycles. The van der Waals surface area contributed by atoms with E-state index < -0.39 is 0 Å². The van der Waals surface area contributed by atoms with Crippen molar-refractivity contribution < 1.29 is 0 Å². The van der Waals surface area contributed by atoms with Crippen molar-refractivity contribution in [3.05, 3.63) is 0 Å². The van der Waals surface area contributed by atoms with Gasteiger partial charge in [0, 0.05) is 6.42 Å². The summed E-state index contributed by atoms with van der Waals surface area (Å²) in [5.74, 6) is 0.330. The standard InChI is InChI=1S/C8H18N2.ClH/c1-2-3-4-5-6-7-8(9)10;/h2-7H2,1H3,(H3,9,10);1H. The Balaban J connectivity index is 0. The maximum atomic E-state index is 6.95. The van der Waals surface area contributed by atoms with Gasteiger partial charge in [0.1, 0.15) is 0 Å². The lowest BCUT2D eigenvalue weighted by Crippen LogP contribution is -2.08. The summed E-state index contributed by atoms with van der Waals surface area (Å²) in [5.41, 5.74) is 5.19. The Kier molecular flexibility index (Phi) is 11.9. The molecule has 0 unspecified atom stereocenters. The summed E-state index contributed by atoms with van der Waals surface area (Å²) in [6.07, 6.45) is 6.99. The lowest BCUT2D eigenvalue weighted by atomic mass is 10.1. The Morgan fingerprint density at radius 3 is 2.18 bits per heavy atom. The first-order valence-electron chi connectivity index (χ1n) is 4.10. The van der Waals surface area contributed by atoms with E-state index in [9.17, 15) is 0 Å². The van der Waals surface area contributed by atoms with Gasteiger partial charge in [-0.05, 0) is 6.42 Å². The molecule has 0 aromatic heterocycles. The van der Waals surface area contributed by atoms with E-state index >= 15 is 0 Å². The van der Waals surface area contributed by atoms with Crippen LogP contribution in [0.25, 0.3) is 0 Å².